The summed E-state index contributed by atoms with van der Waals surface area (Å²) in [6.45, 7) is 0. The van der Waals surface area contributed by atoms with Gasteiger partial charge in [-0.2, -0.15) is 0 Å². The molecule has 0 amide bonds. The van der Waals surface area contributed by atoms with Crippen LogP contribution in [-0.2, 0) is 0 Å². The standard InChI is InChI=1S/C13H18ClFN4O/c14-9-7-8(5-6-10(9)15)17-13(19-20)18-12-4-2-1-3-11(12)16/h5-7,11-12,20H,1-4,16H2,(H2,17,18,19). The molecule has 110 valence electrons. The first-order valence-electron chi connectivity index (χ1n) is 6.55. The van der Waals surface area contributed by atoms with E-state index in [9.17, 15) is 4.39 Å². The van der Waals surface area contributed by atoms with Gasteiger partial charge in [-0.15, -0.1) is 0 Å². The van der Waals surface area contributed by atoms with E-state index in [2.05, 4.69) is 10.3 Å². The fourth-order valence-corrected chi connectivity index (χ4v) is 2.45. The zero-order valence-electron chi connectivity index (χ0n) is 10.9. The molecule has 0 spiro atoms. The minimum Gasteiger partial charge on any atom is -0.326 e. The molecule has 2 rings (SSSR count). The van der Waals surface area contributed by atoms with Gasteiger partial charge >= 0.3 is 0 Å². The Kier molecular flexibility index (Phi) is 5.17. The Morgan fingerprint density at radius 3 is 2.80 bits per heavy atom. The van der Waals surface area contributed by atoms with Gasteiger partial charge in [0.2, 0.25) is 5.96 Å². The van der Waals surface area contributed by atoms with Crippen LogP contribution in [0.15, 0.2) is 23.2 Å². The van der Waals surface area contributed by atoms with Gasteiger partial charge in [0.1, 0.15) is 5.82 Å². The first-order chi connectivity index (χ1) is 9.60. The van der Waals surface area contributed by atoms with Crippen LogP contribution in [0.4, 0.5) is 10.1 Å². The van der Waals surface area contributed by atoms with Crippen molar-refractivity contribution in [3.63, 3.8) is 0 Å². The lowest BCUT2D eigenvalue weighted by Crippen LogP contribution is -2.39. The number of anilines is 1. The second-order valence-electron chi connectivity index (χ2n) is 4.86. The number of hydrogen-bond donors (Lipinski definition) is 4. The first-order valence-corrected chi connectivity index (χ1v) is 6.93. The number of aliphatic imine (C=N–C) groups is 1. The van der Waals surface area contributed by atoms with Gasteiger partial charge < -0.3 is 11.1 Å². The van der Waals surface area contributed by atoms with Crippen LogP contribution >= 0.6 is 11.6 Å². The van der Waals surface area contributed by atoms with Crippen LogP contribution in [0.2, 0.25) is 5.02 Å². The van der Waals surface area contributed by atoms with Crippen molar-refractivity contribution in [1.82, 2.24) is 5.48 Å². The van der Waals surface area contributed by atoms with Gasteiger partial charge in [-0.3, -0.25) is 5.21 Å². The number of halogens is 2. The lowest BCUT2D eigenvalue weighted by atomic mass is 9.91. The fraction of sp³-hybridized carbons (Fsp3) is 0.462. The number of guanidine groups is 1. The van der Waals surface area contributed by atoms with Crippen LogP contribution in [0.3, 0.4) is 0 Å². The highest BCUT2D eigenvalue weighted by Gasteiger charge is 2.21. The molecule has 20 heavy (non-hydrogen) atoms. The van der Waals surface area contributed by atoms with Gasteiger partial charge in [-0.1, -0.05) is 24.4 Å². The zero-order chi connectivity index (χ0) is 14.5. The molecule has 5 N–H and O–H groups in total. The highest BCUT2D eigenvalue weighted by Crippen LogP contribution is 2.21. The minimum atomic E-state index is -0.498. The molecule has 1 aromatic carbocycles. The molecule has 0 saturated heterocycles. The predicted molar refractivity (Wildman–Crippen MR) is 77.6 cm³/mol. The topological polar surface area (TPSA) is 82.7 Å². The zero-order valence-corrected chi connectivity index (χ0v) is 11.7. The normalized spacial score (nSPS) is 23.5. The maximum Gasteiger partial charge on any atom is 0.220 e. The summed E-state index contributed by atoms with van der Waals surface area (Å²) >= 11 is 5.70. The molecule has 2 atom stereocenters. The lowest BCUT2D eigenvalue weighted by molar-refractivity contribution is 0.232. The summed E-state index contributed by atoms with van der Waals surface area (Å²) in [4.78, 5) is 4.37. The Balaban J connectivity index is 2.09. The van der Waals surface area contributed by atoms with Gasteiger partial charge in [0, 0.05) is 11.7 Å². The molecular weight excluding hydrogens is 283 g/mol. The van der Waals surface area contributed by atoms with Crippen LogP contribution < -0.4 is 16.5 Å². The van der Waals surface area contributed by atoms with E-state index < -0.39 is 5.82 Å². The van der Waals surface area contributed by atoms with Crippen LogP contribution in [0, 0.1) is 5.82 Å². The summed E-state index contributed by atoms with van der Waals surface area (Å²) in [5.41, 5.74) is 8.53. The molecule has 7 heteroatoms. The number of nitrogens with one attached hydrogen (secondary N) is 2. The smallest absolute Gasteiger partial charge is 0.220 e. The summed E-state index contributed by atoms with van der Waals surface area (Å²) in [6, 6.07) is 4.12. The summed E-state index contributed by atoms with van der Waals surface area (Å²) in [5, 5.41) is 12.0. The van der Waals surface area contributed by atoms with Crippen molar-refractivity contribution in [2.75, 3.05) is 5.32 Å². The number of hydroxylamine groups is 1. The van der Waals surface area contributed by atoms with Crippen molar-refractivity contribution in [3.05, 3.63) is 29.0 Å². The van der Waals surface area contributed by atoms with Crippen molar-refractivity contribution in [3.8, 4) is 0 Å². The van der Waals surface area contributed by atoms with E-state index in [1.807, 2.05) is 5.48 Å². The van der Waals surface area contributed by atoms with Crippen molar-refractivity contribution in [2.45, 2.75) is 37.8 Å². The summed E-state index contributed by atoms with van der Waals surface area (Å²) < 4.78 is 13.1. The molecule has 0 aromatic heterocycles. The van der Waals surface area contributed by atoms with Gasteiger partial charge in [0.05, 0.1) is 11.1 Å². The van der Waals surface area contributed by atoms with Crippen LogP contribution in [-0.4, -0.2) is 23.3 Å². The van der Waals surface area contributed by atoms with Gasteiger partial charge in [0.25, 0.3) is 0 Å². The van der Waals surface area contributed by atoms with Crippen molar-refractivity contribution in [2.24, 2.45) is 10.7 Å². The van der Waals surface area contributed by atoms with Gasteiger partial charge in [0.15, 0.2) is 0 Å². The average molecular weight is 301 g/mol. The molecule has 1 aliphatic carbocycles. The third-order valence-electron chi connectivity index (χ3n) is 3.36. The third kappa shape index (κ3) is 3.82. The monoisotopic (exact) mass is 300 g/mol. The molecule has 2 unspecified atom stereocenters. The van der Waals surface area contributed by atoms with Gasteiger partial charge in [-0.25, -0.2) is 14.9 Å². The van der Waals surface area contributed by atoms with Crippen molar-refractivity contribution < 1.29 is 9.60 Å². The van der Waals surface area contributed by atoms with E-state index in [4.69, 9.17) is 22.5 Å². The van der Waals surface area contributed by atoms with E-state index in [1.165, 1.54) is 18.2 Å². The number of rotatable bonds is 2. The lowest BCUT2D eigenvalue weighted by Gasteiger charge is -2.26. The molecule has 0 aliphatic heterocycles. The first kappa shape index (κ1) is 15.0. The van der Waals surface area contributed by atoms with Crippen molar-refractivity contribution >= 4 is 23.2 Å². The molecule has 0 heterocycles. The highest BCUT2D eigenvalue weighted by molar-refractivity contribution is 6.31. The Morgan fingerprint density at radius 2 is 2.15 bits per heavy atom. The Labute approximate surface area is 122 Å². The fourth-order valence-electron chi connectivity index (χ4n) is 2.27. The second-order valence-corrected chi connectivity index (χ2v) is 5.27. The number of benzene rings is 1. The third-order valence-corrected chi connectivity index (χ3v) is 3.65. The number of hydrogen-bond acceptors (Lipinski definition) is 3. The Hall–Kier alpha value is -1.37. The SMILES string of the molecule is NC1CCCCC1N=C(NO)Nc1ccc(F)c(Cl)c1. The molecule has 1 aliphatic rings. The maximum absolute atomic E-state index is 13.1. The maximum atomic E-state index is 13.1. The van der Waals surface area contributed by atoms with E-state index in [0.717, 1.165) is 25.7 Å². The molecule has 0 bridgehead atoms. The quantitative estimate of drug-likeness (QED) is 0.384. The van der Waals surface area contributed by atoms with E-state index in [0.29, 0.717) is 5.69 Å². The average Bonchev–Trinajstić information content (AvgIpc) is 2.44. The molecule has 1 aromatic rings. The predicted octanol–water partition coefficient (Wildman–Crippen LogP) is 2.50. The van der Waals surface area contributed by atoms with Gasteiger partial charge in [-0.05, 0) is 31.0 Å². The summed E-state index contributed by atoms with van der Waals surface area (Å²) in [6.07, 6.45) is 3.99. The molecule has 5 nitrogen and oxygen atoms in total. The second kappa shape index (κ2) is 6.88. The minimum absolute atomic E-state index is 0.00153. The Morgan fingerprint density at radius 1 is 1.40 bits per heavy atom. The largest absolute Gasteiger partial charge is 0.326 e. The molecule has 0 radical (unpaired) electrons. The van der Waals surface area contributed by atoms with E-state index in [-0.39, 0.29) is 23.1 Å². The van der Waals surface area contributed by atoms with Crippen LogP contribution in [0.1, 0.15) is 25.7 Å². The summed E-state index contributed by atoms with van der Waals surface area (Å²) in [5.74, 6) is -0.322. The van der Waals surface area contributed by atoms with Crippen LogP contribution in [0.5, 0.6) is 0 Å². The van der Waals surface area contributed by atoms with Crippen molar-refractivity contribution in [1.29, 1.82) is 0 Å². The summed E-state index contributed by atoms with van der Waals surface area (Å²) in [7, 11) is 0. The molecule has 1 fully saturated rings. The van der Waals surface area contributed by atoms with E-state index in [1.54, 1.807) is 0 Å². The number of nitrogens with two attached hydrogens (primary N) is 1. The highest BCUT2D eigenvalue weighted by atomic mass is 35.5. The van der Waals surface area contributed by atoms with Crippen LogP contribution in [0.25, 0.3) is 0 Å². The van der Waals surface area contributed by atoms with E-state index >= 15 is 0 Å². The Bertz CT molecular complexity index is 497. The number of nitrogens with zero attached hydrogens (tertiary/aromatic N) is 1. The molecular formula is C13H18ClFN4O. The molecule has 1 saturated carbocycles.